The number of nitrogens with zero attached hydrogens (tertiary/aromatic N) is 2. The molecule has 144 valence electrons. The summed E-state index contributed by atoms with van der Waals surface area (Å²) in [5.74, 6) is -2.51. The number of nitro benzene ring substituents is 1. The summed E-state index contributed by atoms with van der Waals surface area (Å²) in [4.78, 5) is 48.3. The largest absolute Gasteiger partial charge is 0.322 e. The van der Waals surface area contributed by atoms with Crippen molar-refractivity contribution >= 4 is 29.1 Å². The first-order valence-corrected chi connectivity index (χ1v) is 8.59. The number of anilines is 1. The van der Waals surface area contributed by atoms with Gasteiger partial charge in [-0.2, -0.15) is 4.39 Å². The number of halogens is 1. The van der Waals surface area contributed by atoms with Gasteiger partial charge in [0.2, 0.25) is 5.82 Å². The molecular weight excluding hydrogens is 369 g/mol. The standard InChI is InChI=1S/C19H16FN3O5/c1-2-3-8-22-18(25)13-6-4-11(9-14(13)19(22)26)17(24)21-12-5-7-15(20)16(10-12)23(27)28/h4-7,9-10H,2-3,8H2,1H3,(H,21,24). The molecule has 0 fully saturated rings. The Balaban J connectivity index is 1.83. The van der Waals surface area contributed by atoms with Gasteiger partial charge in [0.25, 0.3) is 17.7 Å². The van der Waals surface area contributed by atoms with E-state index in [9.17, 15) is 28.9 Å². The van der Waals surface area contributed by atoms with Crippen molar-refractivity contribution in [3.63, 3.8) is 0 Å². The van der Waals surface area contributed by atoms with Gasteiger partial charge in [-0.25, -0.2) is 0 Å². The Morgan fingerprint density at radius 1 is 1.14 bits per heavy atom. The van der Waals surface area contributed by atoms with Crippen molar-refractivity contribution < 1.29 is 23.7 Å². The highest BCUT2D eigenvalue weighted by atomic mass is 19.1. The normalized spacial score (nSPS) is 12.9. The first-order chi connectivity index (χ1) is 13.3. The summed E-state index contributed by atoms with van der Waals surface area (Å²) in [6.45, 7) is 2.25. The van der Waals surface area contributed by atoms with Gasteiger partial charge in [0.05, 0.1) is 16.1 Å². The number of nitrogens with one attached hydrogen (secondary N) is 1. The Kier molecular flexibility index (Phi) is 5.16. The summed E-state index contributed by atoms with van der Waals surface area (Å²) in [6.07, 6.45) is 1.51. The fourth-order valence-corrected chi connectivity index (χ4v) is 2.88. The molecular formula is C19H16FN3O5. The minimum absolute atomic E-state index is 0.0329. The first kappa shape index (κ1) is 19.2. The molecule has 0 spiro atoms. The molecule has 8 nitrogen and oxygen atoms in total. The highest BCUT2D eigenvalue weighted by molar-refractivity contribution is 6.22. The van der Waals surface area contributed by atoms with E-state index in [1.54, 1.807) is 0 Å². The average Bonchev–Trinajstić information content (AvgIpc) is 2.91. The zero-order valence-electron chi connectivity index (χ0n) is 14.9. The summed E-state index contributed by atoms with van der Waals surface area (Å²) in [5, 5.41) is 13.2. The molecule has 1 N–H and O–H groups in total. The Bertz CT molecular complexity index is 1010. The third-order valence-electron chi connectivity index (χ3n) is 4.37. The van der Waals surface area contributed by atoms with Crippen LogP contribution in [0.1, 0.15) is 50.8 Å². The molecule has 0 aliphatic carbocycles. The lowest BCUT2D eigenvalue weighted by Gasteiger charge is -2.12. The lowest BCUT2D eigenvalue weighted by atomic mass is 10.1. The average molecular weight is 385 g/mol. The molecule has 2 aromatic rings. The minimum atomic E-state index is -1.02. The number of nitro groups is 1. The number of fused-ring (bicyclic) bond motifs is 1. The maximum Gasteiger partial charge on any atom is 0.306 e. The van der Waals surface area contributed by atoms with Crippen LogP contribution in [0.5, 0.6) is 0 Å². The van der Waals surface area contributed by atoms with Gasteiger partial charge in [-0.3, -0.25) is 29.4 Å². The second-order valence-electron chi connectivity index (χ2n) is 6.25. The van der Waals surface area contributed by atoms with E-state index in [0.717, 1.165) is 23.5 Å². The molecule has 0 radical (unpaired) electrons. The zero-order chi connectivity index (χ0) is 20.4. The van der Waals surface area contributed by atoms with Gasteiger partial charge in [-0.15, -0.1) is 0 Å². The lowest BCUT2D eigenvalue weighted by molar-refractivity contribution is -0.387. The second kappa shape index (κ2) is 7.55. The van der Waals surface area contributed by atoms with E-state index < -0.39 is 34.1 Å². The summed E-state index contributed by atoms with van der Waals surface area (Å²) in [5.41, 5.74) is -0.261. The van der Waals surface area contributed by atoms with Gasteiger partial charge in [0.15, 0.2) is 0 Å². The molecule has 1 aliphatic heterocycles. The van der Waals surface area contributed by atoms with Crippen molar-refractivity contribution in [1.29, 1.82) is 0 Å². The zero-order valence-corrected chi connectivity index (χ0v) is 14.9. The number of benzene rings is 2. The van der Waals surface area contributed by atoms with Crippen LogP contribution in [-0.4, -0.2) is 34.1 Å². The lowest BCUT2D eigenvalue weighted by Crippen LogP contribution is -2.30. The predicted molar refractivity (Wildman–Crippen MR) is 97.7 cm³/mol. The molecule has 0 saturated heterocycles. The van der Waals surface area contributed by atoms with Gasteiger partial charge in [0, 0.05) is 23.9 Å². The van der Waals surface area contributed by atoms with Crippen molar-refractivity contribution in [3.05, 3.63) is 69.0 Å². The van der Waals surface area contributed by atoms with E-state index in [0.29, 0.717) is 13.0 Å². The quantitative estimate of drug-likeness (QED) is 0.466. The number of hydrogen-bond acceptors (Lipinski definition) is 5. The van der Waals surface area contributed by atoms with Crippen molar-refractivity contribution in [2.24, 2.45) is 0 Å². The smallest absolute Gasteiger partial charge is 0.306 e. The highest BCUT2D eigenvalue weighted by Gasteiger charge is 2.35. The maximum absolute atomic E-state index is 13.4. The number of rotatable bonds is 6. The van der Waals surface area contributed by atoms with Gasteiger partial charge >= 0.3 is 5.69 Å². The van der Waals surface area contributed by atoms with Crippen LogP contribution in [0, 0.1) is 15.9 Å². The molecule has 0 atom stereocenters. The van der Waals surface area contributed by atoms with Crippen LogP contribution in [0.3, 0.4) is 0 Å². The fourth-order valence-electron chi connectivity index (χ4n) is 2.88. The Morgan fingerprint density at radius 2 is 1.86 bits per heavy atom. The molecule has 9 heteroatoms. The number of carbonyl (C=O) groups is 3. The Morgan fingerprint density at radius 3 is 2.54 bits per heavy atom. The van der Waals surface area contributed by atoms with Crippen molar-refractivity contribution in [1.82, 2.24) is 4.90 Å². The Hall–Kier alpha value is -3.62. The van der Waals surface area contributed by atoms with Crippen molar-refractivity contribution in [2.45, 2.75) is 19.8 Å². The fraction of sp³-hybridized carbons (Fsp3) is 0.211. The van der Waals surface area contributed by atoms with Crippen molar-refractivity contribution in [3.8, 4) is 0 Å². The molecule has 1 aliphatic rings. The minimum Gasteiger partial charge on any atom is -0.322 e. The van der Waals surface area contributed by atoms with Gasteiger partial charge in [-0.05, 0) is 36.8 Å². The predicted octanol–water partition coefficient (Wildman–Crippen LogP) is 3.38. The molecule has 0 saturated carbocycles. The van der Waals surface area contributed by atoms with E-state index in [4.69, 9.17) is 0 Å². The van der Waals surface area contributed by atoms with Gasteiger partial charge in [0.1, 0.15) is 0 Å². The molecule has 3 amide bonds. The third kappa shape index (κ3) is 3.46. The number of carbonyl (C=O) groups excluding carboxylic acids is 3. The second-order valence-corrected chi connectivity index (χ2v) is 6.25. The van der Waals surface area contributed by atoms with Gasteiger partial charge in [-0.1, -0.05) is 13.3 Å². The monoisotopic (exact) mass is 385 g/mol. The summed E-state index contributed by atoms with van der Waals surface area (Å²) < 4.78 is 13.4. The molecule has 2 aromatic carbocycles. The molecule has 0 bridgehead atoms. The highest BCUT2D eigenvalue weighted by Crippen LogP contribution is 2.26. The Labute approximate surface area is 159 Å². The van der Waals surface area contributed by atoms with E-state index in [-0.39, 0.29) is 22.4 Å². The third-order valence-corrected chi connectivity index (χ3v) is 4.37. The molecule has 3 rings (SSSR count). The van der Waals surface area contributed by atoms with Crippen LogP contribution < -0.4 is 5.32 Å². The van der Waals surface area contributed by atoms with Crippen LogP contribution in [0.4, 0.5) is 15.8 Å². The van der Waals surface area contributed by atoms with Crippen LogP contribution >= 0.6 is 0 Å². The molecule has 28 heavy (non-hydrogen) atoms. The molecule has 0 aromatic heterocycles. The van der Waals surface area contributed by atoms with Crippen LogP contribution in [0.25, 0.3) is 0 Å². The number of imide groups is 1. The van der Waals surface area contributed by atoms with Crippen LogP contribution in [0.15, 0.2) is 36.4 Å². The summed E-state index contributed by atoms with van der Waals surface area (Å²) >= 11 is 0. The van der Waals surface area contributed by atoms with E-state index in [2.05, 4.69) is 5.32 Å². The summed E-state index contributed by atoms with van der Waals surface area (Å²) in [7, 11) is 0. The number of amides is 3. The van der Waals surface area contributed by atoms with Crippen LogP contribution in [0.2, 0.25) is 0 Å². The van der Waals surface area contributed by atoms with E-state index in [1.807, 2.05) is 6.92 Å². The number of unbranched alkanes of at least 4 members (excludes halogenated alkanes) is 1. The van der Waals surface area contributed by atoms with E-state index >= 15 is 0 Å². The molecule has 0 unspecified atom stereocenters. The van der Waals surface area contributed by atoms with Crippen molar-refractivity contribution in [2.75, 3.05) is 11.9 Å². The SMILES string of the molecule is CCCCN1C(=O)c2ccc(C(=O)Nc3ccc(F)c([N+](=O)[O-])c3)cc2C1=O. The topological polar surface area (TPSA) is 110 Å². The summed E-state index contributed by atoms with van der Waals surface area (Å²) in [6, 6.07) is 7.08. The maximum atomic E-state index is 13.4. The number of hydrogen-bond donors (Lipinski definition) is 1. The van der Waals surface area contributed by atoms with Gasteiger partial charge < -0.3 is 5.32 Å². The van der Waals surface area contributed by atoms with Crippen LogP contribution in [-0.2, 0) is 0 Å². The molecule has 1 heterocycles. The first-order valence-electron chi connectivity index (χ1n) is 8.59. The van der Waals surface area contributed by atoms with E-state index in [1.165, 1.54) is 24.3 Å².